The summed E-state index contributed by atoms with van der Waals surface area (Å²) in [5.41, 5.74) is 5.26. The van der Waals surface area contributed by atoms with Crippen LogP contribution in [0, 0.1) is 0 Å². The number of benzene rings is 1. The van der Waals surface area contributed by atoms with Crippen molar-refractivity contribution in [3.63, 3.8) is 0 Å². The lowest BCUT2D eigenvalue weighted by atomic mass is 10.1. The van der Waals surface area contributed by atoms with Crippen molar-refractivity contribution in [3.05, 3.63) is 36.0 Å². The highest BCUT2D eigenvalue weighted by molar-refractivity contribution is 5.39. The first kappa shape index (κ1) is 14.3. The number of ether oxygens (including phenoxy) is 2. The standard InChI is InChI=1S/C14H19N3O3/c1-4-18-10-7-5-6-8-11(10)19-9-12-16-13(17-20-12)14(2,3)15/h5-8H,4,9,15H2,1-3H3. The zero-order chi connectivity index (χ0) is 14.6. The summed E-state index contributed by atoms with van der Waals surface area (Å²) in [6.45, 7) is 6.30. The summed E-state index contributed by atoms with van der Waals surface area (Å²) >= 11 is 0. The van der Waals surface area contributed by atoms with Crippen molar-refractivity contribution in [2.75, 3.05) is 6.61 Å². The molecule has 1 heterocycles. The lowest BCUT2D eigenvalue weighted by molar-refractivity contribution is 0.227. The van der Waals surface area contributed by atoms with Gasteiger partial charge in [0.1, 0.15) is 0 Å². The molecule has 0 saturated carbocycles. The van der Waals surface area contributed by atoms with Gasteiger partial charge in [-0.15, -0.1) is 0 Å². The van der Waals surface area contributed by atoms with E-state index in [1.807, 2.05) is 45.0 Å². The normalized spacial score (nSPS) is 11.4. The quantitative estimate of drug-likeness (QED) is 0.871. The Morgan fingerprint density at radius 3 is 2.40 bits per heavy atom. The van der Waals surface area contributed by atoms with Gasteiger partial charge in [0.05, 0.1) is 12.1 Å². The molecule has 6 heteroatoms. The van der Waals surface area contributed by atoms with Crippen LogP contribution >= 0.6 is 0 Å². The Balaban J connectivity index is 2.04. The van der Waals surface area contributed by atoms with E-state index in [0.29, 0.717) is 29.8 Å². The second-order valence-corrected chi connectivity index (χ2v) is 4.90. The fourth-order valence-corrected chi connectivity index (χ4v) is 1.56. The first-order chi connectivity index (χ1) is 9.50. The minimum absolute atomic E-state index is 0.174. The van der Waals surface area contributed by atoms with Crippen molar-refractivity contribution in [2.24, 2.45) is 5.73 Å². The van der Waals surface area contributed by atoms with Gasteiger partial charge >= 0.3 is 0 Å². The van der Waals surface area contributed by atoms with Crippen molar-refractivity contribution in [1.29, 1.82) is 0 Å². The van der Waals surface area contributed by atoms with Crippen LogP contribution in [0.4, 0.5) is 0 Å². The number of hydrogen-bond donors (Lipinski definition) is 1. The molecule has 0 saturated heterocycles. The number of aromatic nitrogens is 2. The lowest BCUT2D eigenvalue weighted by Gasteiger charge is -2.11. The zero-order valence-corrected chi connectivity index (χ0v) is 11.9. The summed E-state index contributed by atoms with van der Waals surface area (Å²) in [5.74, 6) is 2.16. The molecule has 0 spiro atoms. The summed E-state index contributed by atoms with van der Waals surface area (Å²) < 4.78 is 16.2. The fourth-order valence-electron chi connectivity index (χ4n) is 1.56. The van der Waals surface area contributed by atoms with Crippen LogP contribution in [0.3, 0.4) is 0 Å². The Morgan fingerprint density at radius 1 is 1.20 bits per heavy atom. The van der Waals surface area contributed by atoms with Crippen LogP contribution in [0.5, 0.6) is 11.5 Å². The summed E-state index contributed by atoms with van der Waals surface area (Å²) in [5, 5.41) is 3.84. The van der Waals surface area contributed by atoms with Gasteiger partial charge in [0.2, 0.25) is 0 Å². The number of nitrogens with zero attached hydrogens (tertiary/aromatic N) is 2. The van der Waals surface area contributed by atoms with E-state index in [9.17, 15) is 0 Å². The predicted octanol–water partition coefficient (Wildman–Crippen LogP) is 2.24. The van der Waals surface area contributed by atoms with Crippen molar-refractivity contribution < 1.29 is 14.0 Å². The Labute approximate surface area is 117 Å². The summed E-state index contributed by atoms with van der Waals surface area (Å²) in [4.78, 5) is 4.20. The monoisotopic (exact) mass is 277 g/mol. The van der Waals surface area contributed by atoms with E-state index in [4.69, 9.17) is 19.7 Å². The van der Waals surface area contributed by atoms with Crippen LogP contribution < -0.4 is 15.2 Å². The molecule has 2 aromatic rings. The summed E-state index contributed by atoms with van der Waals surface area (Å²) in [6, 6.07) is 7.44. The van der Waals surface area contributed by atoms with Gasteiger partial charge in [-0.25, -0.2) is 0 Å². The van der Waals surface area contributed by atoms with Gasteiger partial charge in [-0.2, -0.15) is 4.98 Å². The van der Waals surface area contributed by atoms with Crippen LogP contribution in [-0.4, -0.2) is 16.7 Å². The third-order valence-electron chi connectivity index (χ3n) is 2.54. The van der Waals surface area contributed by atoms with Crippen LogP contribution in [0.2, 0.25) is 0 Å². The van der Waals surface area contributed by atoms with Gasteiger partial charge in [0.15, 0.2) is 23.9 Å². The van der Waals surface area contributed by atoms with E-state index >= 15 is 0 Å². The summed E-state index contributed by atoms with van der Waals surface area (Å²) in [7, 11) is 0. The number of nitrogens with two attached hydrogens (primary N) is 1. The third kappa shape index (κ3) is 3.48. The van der Waals surface area contributed by atoms with E-state index in [-0.39, 0.29) is 6.61 Å². The maximum Gasteiger partial charge on any atom is 0.264 e. The summed E-state index contributed by atoms with van der Waals surface area (Å²) in [6.07, 6.45) is 0. The molecule has 0 amide bonds. The zero-order valence-electron chi connectivity index (χ0n) is 11.9. The van der Waals surface area contributed by atoms with Crippen LogP contribution in [0.1, 0.15) is 32.5 Å². The van der Waals surface area contributed by atoms with E-state index in [1.165, 1.54) is 0 Å². The minimum Gasteiger partial charge on any atom is -0.490 e. The average Bonchev–Trinajstić information content (AvgIpc) is 2.87. The van der Waals surface area contributed by atoms with Crippen LogP contribution in [0.25, 0.3) is 0 Å². The molecule has 0 radical (unpaired) electrons. The first-order valence-corrected chi connectivity index (χ1v) is 6.47. The molecule has 20 heavy (non-hydrogen) atoms. The number of rotatable bonds is 6. The smallest absolute Gasteiger partial charge is 0.264 e. The first-order valence-electron chi connectivity index (χ1n) is 6.47. The van der Waals surface area contributed by atoms with E-state index < -0.39 is 5.54 Å². The molecule has 0 aliphatic carbocycles. The van der Waals surface area contributed by atoms with Gasteiger partial charge in [0, 0.05) is 0 Å². The molecule has 108 valence electrons. The highest BCUT2D eigenvalue weighted by atomic mass is 16.5. The second-order valence-electron chi connectivity index (χ2n) is 4.90. The minimum atomic E-state index is -0.634. The molecule has 0 fully saturated rings. The van der Waals surface area contributed by atoms with Crippen molar-refractivity contribution in [2.45, 2.75) is 32.9 Å². The molecule has 0 atom stereocenters. The molecule has 6 nitrogen and oxygen atoms in total. The van der Waals surface area contributed by atoms with Gasteiger partial charge in [-0.05, 0) is 32.9 Å². The average molecular weight is 277 g/mol. The largest absolute Gasteiger partial charge is 0.490 e. The van der Waals surface area contributed by atoms with Gasteiger partial charge in [-0.3, -0.25) is 0 Å². The fraction of sp³-hybridized carbons (Fsp3) is 0.429. The predicted molar refractivity (Wildman–Crippen MR) is 73.5 cm³/mol. The Hall–Kier alpha value is -2.08. The molecular formula is C14H19N3O3. The molecule has 0 bridgehead atoms. The van der Waals surface area contributed by atoms with Crippen LogP contribution in [0.15, 0.2) is 28.8 Å². The third-order valence-corrected chi connectivity index (χ3v) is 2.54. The molecule has 2 rings (SSSR count). The Morgan fingerprint density at radius 2 is 1.85 bits per heavy atom. The number of hydrogen-bond acceptors (Lipinski definition) is 6. The van der Waals surface area contributed by atoms with E-state index in [2.05, 4.69) is 10.1 Å². The SMILES string of the molecule is CCOc1ccccc1OCc1nc(C(C)(C)N)no1. The second kappa shape index (κ2) is 5.92. The van der Waals surface area contributed by atoms with Gasteiger partial charge in [0.25, 0.3) is 5.89 Å². The van der Waals surface area contributed by atoms with Crippen molar-refractivity contribution >= 4 is 0 Å². The molecule has 1 aromatic carbocycles. The van der Waals surface area contributed by atoms with Crippen LogP contribution in [-0.2, 0) is 12.1 Å². The highest BCUT2D eigenvalue weighted by Gasteiger charge is 2.21. The highest BCUT2D eigenvalue weighted by Crippen LogP contribution is 2.27. The molecular weight excluding hydrogens is 258 g/mol. The maximum atomic E-state index is 5.90. The topological polar surface area (TPSA) is 83.4 Å². The van der Waals surface area contributed by atoms with Gasteiger partial charge < -0.3 is 19.7 Å². The Bertz CT molecular complexity index is 561. The molecule has 0 aliphatic heterocycles. The van der Waals surface area contributed by atoms with Crippen molar-refractivity contribution in [1.82, 2.24) is 10.1 Å². The maximum absolute atomic E-state index is 5.90. The lowest BCUT2D eigenvalue weighted by Crippen LogP contribution is -2.30. The van der Waals surface area contributed by atoms with Gasteiger partial charge in [-0.1, -0.05) is 17.3 Å². The van der Waals surface area contributed by atoms with E-state index in [0.717, 1.165) is 0 Å². The Kier molecular flexibility index (Phi) is 4.24. The molecule has 0 unspecified atom stereocenters. The molecule has 2 N–H and O–H groups in total. The van der Waals surface area contributed by atoms with E-state index in [1.54, 1.807) is 0 Å². The molecule has 0 aliphatic rings. The number of para-hydroxylation sites is 2. The molecule has 1 aromatic heterocycles. The van der Waals surface area contributed by atoms with Crippen molar-refractivity contribution in [3.8, 4) is 11.5 Å².